The summed E-state index contributed by atoms with van der Waals surface area (Å²) in [6.07, 6.45) is 2.79. The standard InChI is InChI=1S/C15H22N2O3/c1-20-14-12(5-2-6-13(14)16)15(19)17-8-3-4-11(10-17)7-9-18/h2,5-6,11,18H,3-4,7-10,16H2,1H3. The van der Waals surface area contributed by atoms with Crippen molar-refractivity contribution in [2.45, 2.75) is 19.3 Å². The maximum Gasteiger partial charge on any atom is 0.257 e. The minimum Gasteiger partial charge on any atom is -0.494 e. The summed E-state index contributed by atoms with van der Waals surface area (Å²) < 4.78 is 5.25. The molecule has 1 aromatic carbocycles. The molecule has 1 saturated heterocycles. The number of aliphatic hydroxyl groups is 1. The number of methoxy groups -OCH3 is 1. The first kappa shape index (κ1) is 14.7. The van der Waals surface area contributed by atoms with Gasteiger partial charge in [-0.15, -0.1) is 0 Å². The summed E-state index contributed by atoms with van der Waals surface area (Å²) >= 11 is 0. The van der Waals surface area contributed by atoms with E-state index < -0.39 is 0 Å². The zero-order chi connectivity index (χ0) is 14.5. The molecule has 110 valence electrons. The van der Waals surface area contributed by atoms with Crippen LogP contribution >= 0.6 is 0 Å². The number of nitrogen functional groups attached to an aromatic ring is 1. The molecule has 1 amide bonds. The molecule has 1 aromatic rings. The highest BCUT2D eigenvalue weighted by Crippen LogP contribution is 2.29. The van der Waals surface area contributed by atoms with Crippen LogP contribution in [0.15, 0.2) is 18.2 Å². The Labute approximate surface area is 119 Å². The third kappa shape index (κ3) is 3.04. The highest BCUT2D eigenvalue weighted by molar-refractivity contribution is 5.98. The molecule has 3 N–H and O–H groups in total. The van der Waals surface area contributed by atoms with E-state index in [1.165, 1.54) is 7.11 Å². The second-order valence-corrected chi connectivity index (χ2v) is 5.20. The van der Waals surface area contributed by atoms with Crippen LogP contribution in [0.4, 0.5) is 5.69 Å². The van der Waals surface area contributed by atoms with Crippen LogP contribution in [0, 0.1) is 5.92 Å². The molecule has 5 heteroatoms. The molecule has 20 heavy (non-hydrogen) atoms. The largest absolute Gasteiger partial charge is 0.494 e. The number of benzene rings is 1. The number of nitrogens with two attached hydrogens (primary N) is 1. The van der Waals surface area contributed by atoms with Gasteiger partial charge in [-0.25, -0.2) is 0 Å². The average Bonchev–Trinajstić information content (AvgIpc) is 2.47. The third-order valence-corrected chi connectivity index (χ3v) is 3.82. The van der Waals surface area contributed by atoms with Crippen molar-refractivity contribution in [3.8, 4) is 5.75 Å². The van der Waals surface area contributed by atoms with Crippen molar-refractivity contribution in [1.29, 1.82) is 0 Å². The predicted octanol–water partition coefficient (Wildman–Crippen LogP) is 1.51. The van der Waals surface area contributed by atoms with Gasteiger partial charge in [0.05, 0.1) is 18.4 Å². The van der Waals surface area contributed by atoms with Crippen LogP contribution in [-0.4, -0.2) is 42.7 Å². The molecular formula is C15H22N2O3. The van der Waals surface area contributed by atoms with Gasteiger partial charge in [0.2, 0.25) is 0 Å². The van der Waals surface area contributed by atoms with Gasteiger partial charge >= 0.3 is 0 Å². The fraction of sp³-hybridized carbons (Fsp3) is 0.533. The maximum atomic E-state index is 12.6. The van der Waals surface area contributed by atoms with Gasteiger partial charge in [0.1, 0.15) is 0 Å². The molecule has 2 rings (SSSR count). The van der Waals surface area contributed by atoms with E-state index in [9.17, 15) is 4.79 Å². The first-order valence-electron chi connectivity index (χ1n) is 7.00. The molecular weight excluding hydrogens is 256 g/mol. The fourth-order valence-corrected chi connectivity index (χ4v) is 2.79. The Morgan fingerprint density at radius 3 is 3.05 bits per heavy atom. The van der Waals surface area contributed by atoms with Crippen molar-refractivity contribution in [2.24, 2.45) is 5.92 Å². The second kappa shape index (κ2) is 6.61. The Bertz CT molecular complexity index is 474. The number of para-hydroxylation sites is 1. The highest BCUT2D eigenvalue weighted by Gasteiger charge is 2.26. The van der Waals surface area contributed by atoms with Crippen LogP contribution in [0.1, 0.15) is 29.6 Å². The average molecular weight is 278 g/mol. The topological polar surface area (TPSA) is 75.8 Å². The molecule has 1 atom stereocenters. The lowest BCUT2D eigenvalue weighted by atomic mass is 9.94. The van der Waals surface area contributed by atoms with Crippen molar-refractivity contribution < 1.29 is 14.6 Å². The van der Waals surface area contributed by atoms with E-state index in [-0.39, 0.29) is 12.5 Å². The number of amides is 1. The Balaban J connectivity index is 2.16. The number of piperidine rings is 1. The van der Waals surface area contributed by atoms with E-state index in [0.29, 0.717) is 29.5 Å². The summed E-state index contributed by atoms with van der Waals surface area (Å²) in [5, 5.41) is 9.04. The van der Waals surface area contributed by atoms with E-state index in [1.54, 1.807) is 18.2 Å². The zero-order valence-corrected chi connectivity index (χ0v) is 11.8. The highest BCUT2D eigenvalue weighted by atomic mass is 16.5. The molecule has 1 unspecified atom stereocenters. The second-order valence-electron chi connectivity index (χ2n) is 5.20. The summed E-state index contributed by atoms with van der Waals surface area (Å²) in [4.78, 5) is 14.4. The van der Waals surface area contributed by atoms with Crippen LogP contribution in [0.2, 0.25) is 0 Å². The lowest BCUT2D eigenvalue weighted by Crippen LogP contribution is -2.40. The number of anilines is 1. The summed E-state index contributed by atoms with van der Waals surface area (Å²) in [5.74, 6) is 0.781. The van der Waals surface area contributed by atoms with Crippen molar-refractivity contribution in [3.05, 3.63) is 23.8 Å². The fourth-order valence-electron chi connectivity index (χ4n) is 2.79. The first-order chi connectivity index (χ1) is 9.67. The normalized spacial score (nSPS) is 18.9. The maximum absolute atomic E-state index is 12.6. The third-order valence-electron chi connectivity index (χ3n) is 3.82. The number of hydrogen-bond donors (Lipinski definition) is 2. The zero-order valence-electron chi connectivity index (χ0n) is 11.8. The molecule has 1 fully saturated rings. The monoisotopic (exact) mass is 278 g/mol. The molecule has 0 saturated carbocycles. The summed E-state index contributed by atoms with van der Waals surface area (Å²) in [7, 11) is 1.52. The van der Waals surface area contributed by atoms with E-state index in [2.05, 4.69) is 0 Å². The molecule has 0 aliphatic carbocycles. The molecule has 0 spiro atoms. The van der Waals surface area contributed by atoms with Gasteiger partial charge in [-0.2, -0.15) is 0 Å². The van der Waals surface area contributed by atoms with Gasteiger partial charge in [0.25, 0.3) is 5.91 Å². The molecule has 0 radical (unpaired) electrons. The molecule has 0 aromatic heterocycles. The van der Waals surface area contributed by atoms with E-state index in [1.807, 2.05) is 4.90 Å². The number of carbonyl (C=O) groups is 1. The van der Waals surface area contributed by atoms with E-state index in [0.717, 1.165) is 25.8 Å². The van der Waals surface area contributed by atoms with Crippen molar-refractivity contribution in [1.82, 2.24) is 4.90 Å². The van der Waals surface area contributed by atoms with Crippen LogP contribution in [-0.2, 0) is 0 Å². The summed E-state index contributed by atoms with van der Waals surface area (Å²) in [6.45, 7) is 1.62. The predicted molar refractivity (Wildman–Crippen MR) is 77.7 cm³/mol. The molecule has 5 nitrogen and oxygen atoms in total. The molecule has 0 bridgehead atoms. The first-order valence-corrected chi connectivity index (χ1v) is 7.00. The van der Waals surface area contributed by atoms with Crippen molar-refractivity contribution in [2.75, 3.05) is 32.5 Å². The van der Waals surface area contributed by atoms with E-state index >= 15 is 0 Å². The lowest BCUT2D eigenvalue weighted by molar-refractivity contribution is 0.0650. The van der Waals surface area contributed by atoms with Gasteiger partial charge in [0.15, 0.2) is 5.75 Å². The molecule has 1 aliphatic rings. The SMILES string of the molecule is COc1c(N)cccc1C(=O)N1CCCC(CCO)C1. The number of carbonyl (C=O) groups excluding carboxylic acids is 1. The Morgan fingerprint density at radius 2 is 2.35 bits per heavy atom. The molecule has 1 heterocycles. The number of nitrogens with zero attached hydrogens (tertiary/aromatic N) is 1. The van der Waals surface area contributed by atoms with Crippen LogP contribution < -0.4 is 10.5 Å². The van der Waals surface area contributed by atoms with Crippen molar-refractivity contribution in [3.63, 3.8) is 0 Å². The Morgan fingerprint density at radius 1 is 1.55 bits per heavy atom. The lowest BCUT2D eigenvalue weighted by Gasteiger charge is -2.33. The minimum absolute atomic E-state index is 0.0446. The quantitative estimate of drug-likeness (QED) is 0.819. The minimum atomic E-state index is -0.0446. The number of rotatable bonds is 4. The van der Waals surface area contributed by atoms with Gasteiger partial charge in [-0.3, -0.25) is 4.79 Å². The van der Waals surface area contributed by atoms with Gasteiger partial charge < -0.3 is 20.5 Å². The number of likely N-dealkylation sites (tertiary alicyclic amines) is 1. The number of ether oxygens (including phenoxy) is 1. The summed E-state index contributed by atoms with van der Waals surface area (Å²) in [5.41, 5.74) is 6.83. The Hall–Kier alpha value is -1.75. The summed E-state index contributed by atoms with van der Waals surface area (Å²) in [6, 6.07) is 5.23. The van der Waals surface area contributed by atoms with Crippen LogP contribution in [0.3, 0.4) is 0 Å². The Kier molecular flexibility index (Phi) is 4.84. The van der Waals surface area contributed by atoms with Crippen molar-refractivity contribution >= 4 is 11.6 Å². The molecule has 1 aliphatic heterocycles. The van der Waals surface area contributed by atoms with E-state index in [4.69, 9.17) is 15.6 Å². The van der Waals surface area contributed by atoms with Gasteiger partial charge in [-0.1, -0.05) is 6.07 Å². The van der Waals surface area contributed by atoms with Crippen LogP contribution in [0.25, 0.3) is 0 Å². The smallest absolute Gasteiger partial charge is 0.257 e. The number of hydrogen-bond acceptors (Lipinski definition) is 4. The van der Waals surface area contributed by atoms with Gasteiger partial charge in [-0.05, 0) is 37.3 Å². The number of aliphatic hydroxyl groups excluding tert-OH is 1. The van der Waals surface area contributed by atoms with Crippen LogP contribution in [0.5, 0.6) is 5.75 Å². The van der Waals surface area contributed by atoms with Gasteiger partial charge in [0, 0.05) is 19.7 Å².